The summed E-state index contributed by atoms with van der Waals surface area (Å²) in [4.78, 5) is 28.1. The van der Waals surface area contributed by atoms with Crippen LogP contribution in [-0.2, 0) is 6.54 Å². The Balaban J connectivity index is 1.22. The molecule has 33 heavy (non-hydrogen) atoms. The van der Waals surface area contributed by atoms with Crippen molar-refractivity contribution in [3.63, 3.8) is 0 Å². The average Bonchev–Trinajstić information content (AvgIpc) is 3.23. The third-order valence-corrected chi connectivity index (χ3v) is 5.90. The number of fused-ring (bicyclic) bond motifs is 2. The third-order valence-electron chi connectivity index (χ3n) is 5.90. The fourth-order valence-corrected chi connectivity index (χ4v) is 4.21. The quantitative estimate of drug-likeness (QED) is 0.610. The molecular weight excluding hydrogens is 424 g/mol. The minimum Gasteiger partial charge on any atom is -0.486 e. The highest BCUT2D eigenvalue weighted by atomic mass is 16.6. The minimum absolute atomic E-state index is 0.0892. The largest absolute Gasteiger partial charge is 0.486 e. The summed E-state index contributed by atoms with van der Waals surface area (Å²) in [7, 11) is 1.56. The Morgan fingerprint density at radius 2 is 2.06 bits per heavy atom. The van der Waals surface area contributed by atoms with Crippen LogP contribution in [0.1, 0.15) is 19.0 Å². The Bertz CT molecular complexity index is 1170. The third kappa shape index (κ3) is 4.47. The van der Waals surface area contributed by atoms with Gasteiger partial charge in [-0.15, -0.1) is 0 Å². The lowest BCUT2D eigenvalue weighted by Crippen LogP contribution is -2.39. The van der Waals surface area contributed by atoms with Gasteiger partial charge in [-0.3, -0.25) is 9.97 Å². The van der Waals surface area contributed by atoms with Crippen LogP contribution in [0.5, 0.6) is 17.4 Å². The van der Waals surface area contributed by atoms with Gasteiger partial charge in [0.15, 0.2) is 11.5 Å². The van der Waals surface area contributed by atoms with Gasteiger partial charge in [-0.05, 0) is 25.5 Å². The number of urea groups is 1. The van der Waals surface area contributed by atoms with Crippen LogP contribution in [0.2, 0.25) is 0 Å². The SMILES string of the molecule is COc1ccc2nccc(NC(=O)N3C[C@H](NCc4cc5c(cn4)OCCO5)CC3C)c2n1. The van der Waals surface area contributed by atoms with Crippen molar-refractivity contribution >= 4 is 22.8 Å². The lowest BCUT2D eigenvalue weighted by Gasteiger charge is -2.22. The van der Waals surface area contributed by atoms with E-state index in [1.54, 1.807) is 31.6 Å². The molecule has 1 fully saturated rings. The number of anilines is 1. The van der Waals surface area contributed by atoms with Crippen LogP contribution in [0, 0.1) is 0 Å². The molecule has 0 bridgehead atoms. The first-order chi connectivity index (χ1) is 16.1. The number of amides is 2. The molecule has 5 heterocycles. The van der Waals surface area contributed by atoms with E-state index in [1.807, 2.05) is 17.0 Å². The molecule has 0 aliphatic carbocycles. The molecule has 2 aliphatic heterocycles. The molecule has 0 saturated carbocycles. The van der Waals surface area contributed by atoms with E-state index in [-0.39, 0.29) is 18.1 Å². The number of aromatic nitrogens is 3. The number of carbonyl (C=O) groups excluding carboxylic acids is 1. The number of carbonyl (C=O) groups is 1. The summed E-state index contributed by atoms with van der Waals surface area (Å²) < 4.78 is 16.4. The van der Waals surface area contributed by atoms with Gasteiger partial charge < -0.3 is 29.7 Å². The topological polar surface area (TPSA) is 111 Å². The van der Waals surface area contributed by atoms with E-state index in [0.29, 0.717) is 54.7 Å². The molecule has 10 heteroatoms. The van der Waals surface area contributed by atoms with Gasteiger partial charge >= 0.3 is 6.03 Å². The molecule has 2 aliphatic rings. The molecule has 2 amide bonds. The molecule has 172 valence electrons. The molecule has 0 spiro atoms. The number of rotatable bonds is 5. The van der Waals surface area contributed by atoms with Crippen molar-refractivity contribution in [3.05, 3.63) is 42.4 Å². The second-order valence-corrected chi connectivity index (χ2v) is 8.14. The molecule has 2 atom stereocenters. The van der Waals surface area contributed by atoms with Crippen molar-refractivity contribution in [1.82, 2.24) is 25.2 Å². The molecule has 2 N–H and O–H groups in total. The van der Waals surface area contributed by atoms with Crippen molar-refractivity contribution in [3.8, 4) is 17.4 Å². The maximum atomic E-state index is 13.1. The lowest BCUT2D eigenvalue weighted by molar-refractivity contribution is 0.170. The van der Waals surface area contributed by atoms with Crippen molar-refractivity contribution < 1.29 is 19.0 Å². The van der Waals surface area contributed by atoms with Gasteiger partial charge in [0.2, 0.25) is 5.88 Å². The van der Waals surface area contributed by atoms with E-state index in [9.17, 15) is 4.79 Å². The van der Waals surface area contributed by atoms with Gasteiger partial charge in [-0.1, -0.05) is 0 Å². The first-order valence-corrected chi connectivity index (χ1v) is 11.0. The van der Waals surface area contributed by atoms with Crippen molar-refractivity contribution in [2.45, 2.75) is 32.0 Å². The zero-order valence-electron chi connectivity index (χ0n) is 18.6. The van der Waals surface area contributed by atoms with E-state index in [4.69, 9.17) is 14.2 Å². The monoisotopic (exact) mass is 450 g/mol. The summed E-state index contributed by atoms with van der Waals surface area (Å²) in [6, 6.07) is 7.30. The van der Waals surface area contributed by atoms with E-state index < -0.39 is 0 Å². The Kier molecular flexibility index (Phi) is 5.82. The highest BCUT2D eigenvalue weighted by molar-refractivity contribution is 5.98. The summed E-state index contributed by atoms with van der Waals surface area (Å²) in [5.41, 5.74) is 2.76. The lowest BCUT2D eigenvalue weighted by atomic mass is 10.2. The number of ether oxygens (including phenoxy) is 3. The smallest absolute Gasteiger partial charge is 0.322 e. The maximum Gasteiger partial charge on any atom is 0.322 e. The van der Waals surface area contributed by atoms with Crippen molar-refractivity contribution in [1.29, 1.82) is 0 Å². The fraction of sp³-hybridized carbons (Fsp3) is 0.391. The molecule has 0 aromatic carbocycles. The van der Waals surface area contributed by atoms with Gasteiger partial charge in [-0.2, -0.15) is 0 Å². The standard InChI is InChI=1S/C23H26N6O4/c1-14-9-16(25-11-15-10-19-20(12-26-15)33-8-7-32-19)13-29(14)23(30)27-18-5-6-24-17-3-4-21(31-2)28-22(17)18/h3-6,10,12,14,16,25H,7-9,11,13H2,1-2H3,(H,24,27,30)/t14?,16-/m1/s1. The highest BCUT2D eigenvalue weighted by Gasteiger charge is 2.32. The van der Waals surface area contributed by atoms with Crippen LogP contribution in [0.3, 0.4) is 0 Å². The second kappa shape index (κ2) is 9.07. The summed E-state index contributed by atoms with van der Waals surface area (Å²) in [5.74, 6) is 1.87. The van der Waals surface area contributed by atoms with Gasteiger partial charge in [0.1, 0.15) is 18.7 Å². The fourth-order valence-electron chi connectivity index (χ4n) is 4.21. The Labute approximate surface area is 191 Å². The molecule has 0 radical (unpaired) electrons. The van der Waals surface area contributed by atoms with E-state index >= 15 is 0 Å². The van der Waals surface area contributed by atoms with Crippen molar-refractivity contribution in [2.75, 3.05) is 32.2 Å². The number of nitrogens with one attached hydrogen (secondary N) is 2. The van der Waals surface area contributed by atoms with Crippen LogP contribution >= 0.6 is 0 Å². The zero-order valence-corrected chi connectivity index (χ0v) is 18.6. The van der Waals surface area contributed by atoms with E-state index in [2.05, 4.69) is 32.5 Å². The number of methoxy groups -OCH3 is 1. The number of likely N-dealkylation sites (tertiary alicyclic amines) is 1. The number of pyridine rings is 3. The minimum atomic E-state index is -0.165. The van der Waals surface area contributed by atoms with Gasteiger partial charge in [0, 0.05) is 43.5 Å². The molecule has 5 rings (SSSR count). The number of hydrogen-bond acceptors (Lipinski definition) is 8. The molecule has 1 unspecified atom stereocenters. The summed E-state index contributed by atoms with van der Waals surface area (Å²) in [6.07, 6.45) is 4.20. The predicted octanol–water partition coefficient (Wildman–Crippen LogP) is 2.59. The Morgan fingerprint density at radius 1 is 1.21 bits per heavy atom. The van der Waals surface area contributed by atoms with Crippen LogP contribution in [0.4, 0.5) is 10.5 Å². The second-order valence-electron chi connectivity index (χ2n) is 8.14. The molecule has 10 nitrogen and oxygen atoms in total. The zero-order chi connectivity index (χ0) is 22.8. The van der Waals surface area contributed by atoms with Crippen molar-refractivity contribution in [2.24, 2.45) is 0 Å². The Morgan fingerprint density at radius 3 is 2.91 bits per heavy atom. The normalized spacial score (nSPS) is 19.5. The van der Waals surface area contributed by atoms with Crippen LogP contribution in [0.15, 0.2) is 36.7 Å². The molecular formula is C23H26N6O4. The summed E-state index contributed by atoms with van der Waals surface area (Å²) in [5, 5.41) is 6.50. The van der Waals surface area contributed by atoms with Crippen LogP contribution < -0.4 is 24.8 Å². The maximum absolute atomic E-state index is 13.1. The van der Waals surface area contributed by atoms with Crippen LogP contribution in [-0.4, -0.2) is 64.8 Å². The number of nitrogens with zero attached hydrogens (tertiary/aromatic N) is 4. The Hall–Kier alpha value is -3.66. The van der Waals surface area contributed by atoms with Gasteiger partial charge in [-0.25, -0.2) is 9.78 Å². The highest BCUT2D eigenvalue weighted by Crippen LogP contribution is 2.29. The average molecular weight is 450 g/mol. The van der Waals surface area contributed by atoms with Gasteiger partial charge in [0.25, 0.3) is 0 Å². The number of hydrogen-bond donors (Lipinski definition) is 2. The summed E-state index contributed by atoms with van der Waals surface area (Å²) in [6.45, 7) is 4.32. The molecule has 1 saturated heterocycles. The predicted molar refractivity (Wildman–Crippen MR) is 122 cm³/mol. The van der Waals surface area contributed by atoms with Gasteiger partial charge in [0.05, 0.1) is 30.2 Å². The summed E-state index contributed by atoms with van der Waals surface area (Å²) >= 11 is 0. The molecule has 3 aromatic rings. The van der Waals surface area contributed by atoms with E-state index in [1.165, 1.54) is 0 Å². The molecule has 3 aromatic heterocycles. The van der Waals surface area contributed by atoms with E-state index in [0.717, 1.165) is 17.9 Å². The first-order valence-electron chi connectivity index (χ1n) is 11.0. The van der Waals surface area contributed by atoms with Crippen LogP contribution in [0.25, 0.3) is 11.0 Å². The first kappa shape index (κ1) is 21.2.